The predicted octanol–water partition coefficient (Wildman–Crippen LogP) is -3.56. The van der Waals surface area contributed by atoms with Crippen LogP contribution in [0.1, 0.15) is 6.92 Å². The van der Waals surface area contributed by atoms with Crippen molar-refractivity contribution in [3.63, 3.8) is 0 Å². The van der Waals surface area contributed by atoms with Gasteiger partial charge in [-0.25, -0.2) is 18.4 Å². The molecule has 0 radical (unpaired) electrons. The minimum absolute atomic E-state index is 1.03. The molecule has 6 N–H and O–H groups in total. The van der Waals surface area contributed by atoms with E-state index in [2.05, 4.69) is 23.3 Å². The summed E-state index contributed by atoms with van der Waals surface area (Å²) in [6.07, 6.45) is -8.03. The van der Waals surface area contributed by atoms with Crippen molar-refractivity contribution >= 4 is 13.8 Å². The summed E-state index contributed by atoms with van der Waals surface area (Å²) in [5.41, 5.74) is 0. The van der Waals surface area contributed by atoms with Gasteiger partial charge in [0.25, 0.3) is 0 Å². The molecule has 2 saturated heterocycles. The molecule has 2 fully saturated rings. The predicted molar refractivity (Wildman–Crippen MR) is 62.5 cm³/mol. The molecule has 0 aromatic carbocycles. The highest BCUT2D eigenvalue weighted by molar-refractivity contribution is 7.49. The van der Waals surface area contributed by atoms with Gasteiger partial charge in [-0.05, 0) is 6.92 Å². The van der Waals surface area contributed by atoms with Gasteiger partial charge in [-0.15, -0.1) is 0 Å². The Balaban J connectivity index is 2.07. The van der Waals surface area contributed by atoms with Crippen LogP contribution >= 0.6 is 7.82 Å². The third-order valence-corrected chi connectivity index (χ3v) is 4.26. The van der Waals surface area contributed by atoms with Crippen LogP contribution in [-0.4, -0.2) is 79.4 Å². The fraction of sp³-hybridized carbons (Fsp3) is 0.889. The van der Waals surface area contributed by atoms with Crippen LogP contribution in [0.25, 0.3) is 0 Å². The number of ether oxygens (including phenoxy) is 1. The molecule has 5 unspecified atom stereocenters. The van der Waals surface area contributed by atoms with Crippen LogP contribution in [-0.2, 0) is 32.7 Å². The van der Waals surface area contributed by atoms with Crippen LogP contribution in [0, 0.1) is 0 Å². The summed E-state index contributed by atoms with van der Waals surface area (Å²) >= 11 is 0. The molecule has 0 aromatic heterocycles. The number of carbonyl (C=O) groups is 1. The van der Waals surface area contributed by atoms with Crippen molar-refractivity contribution in [1.29, 1.82) is 0 Å². The molecule has 1 spiro atoms. The molecule has 2 rings (SSSR count). The van der Waals surface area contributed by atoms with E-state index in [0.29, 0.717) is 0 Å². The number of phosphoric ester groups is 1. The third kappa shape index (κ3) is 3.14. The van der Waals surface area contributed by atoms with Crippen molar-refractivity contribution in [2.45, 2.75) is 43.1 Å². The van der Waals surface area contributed by atoms with Crippen molar-refractivity contribution in [3.8, 4) is 0 Å². The molecule has 5 atom stereocenters. The summed E-state index contributed by atoms with van der Waals surface area (Å²) in [7, 11) is -4.60. The van der Waals surface area contributed by atoms with Crippen LogP contribution in [0.15, 0.2) is 0 Å². The Morgan fingerprint density at radius 1 is 1.30 bits per heavy atom. The van der Waals surface area contributed by atoms with Gasteiger partial charge in [-0.1, -0.05) is 4.67 Å². The SMILES string of the molecule is CC(O)C(=O)OOP1(=O)OC2(OC(O)(CO)C(O)C(O)C2O)O1. The molecule has 0 saturated carbocycles. The quantitative estimate of drug-likeness (QED) is 0.163. The van der Waals surface area contributed by atoms with Gasteiger partial charge in [0, 0.05) is 0 Å². The van der Waals surface area contributed by atoms with E-state index >= 15 is 0 Å². The second-order valence-corrected chi connectivity index (χ2v) is 6.28. The maximum absolute atomic E-state index is 11.8. The zero-order chi connectivity index (χ0) is 17.6. The maximum atomic E-state index is 11.8. The Labute approximate surface area is 128 Å². The van der Waals surface area contributed by atoms with Crippen LogP contribution in [0.5, 0.6) is 0 Å². The standard InChI is InChI=1S/C9H15O13P/c1-3(11)7(15)18-22-23(17)20-9(21-23)6(14)4(12)5(13)8(16,2-10)19-9/h3-6,10-14,16H,2H2,1H3. The van der Waals surface area contributed by atoms with Crippen molar-refractivity contribution in [2.75, 3.05) is 6.61 Å². The summed E-state index contributed by atoms with van der Waals surface area (Å²) in [5.74, 6) is -6.89. The molecule has 13 nitrogen and oxygen atoms in total. The molecule has 2 aliphatic rings. The molecular weight excluding hydrogens is 347 g/mol. The molecule has 0 amide bonds. The summed E-state index contributed by atoms with van der Waals surface area (Å²) in [6, 6.07) is 0. The van der Waals surface area contributed by atoms with Crippen molar-refractivity contribution < 1.29 is 63.3 Å². The van der Waals surface area contributed by atoms with Crippen molar-refractivity contribution in [3.05, 3.63) is 0 Å². The number of rotatable bonds is 4. The third-order valence-electron chi connectivity index (χ3n) is 3.05. The molecule has 2 heterocycles. The van der Waals surface area contributed by atoms with Crippen molar-refractivity contribution in [1.82, 2.24) is 0 Å². The first kappa shape index (κ1) is 18.6. The Bertz CT molecular complexity index is 512. The lowest BCUT2D eigenvalue weighted by atomic mass is 9.95. The van der Waals surface area contributed by atoms with Gasteiger partial charge in [0.1, 0.15) is 18.8 Å². The highest BCUT2D eigenvalue weighted by atomic mass is 31.2. The Hall–Kier alpha value is -0.700. The van der Waals surface area contributed by atoms with Gasteiger partial charge >= 0.3 is 19.8 Å². The number of aliphatic hydroxyl groups excluding tert-OH is 5. The summed E-state index contributed by atoms with van der Waals surface area (Å²) in [5, 5.41) is 56.5. The largest absolute Gasteiger partial charge is 0.520 e. The number of aliphatic hydroxyl groups is 6. The first-order valence-electron chi connectivity index (χ1n) is 6.16. The zero-order valence-corrected chi connectivity index (χ0v) is 12.4. The average molecular weight is 362 g/mol. The summed E-state index contributed by atoms with van der Waals surface area (Å²) in [6.45, 7) is -0.215. The Morgan fingerprint density at radius 3 is 2.35 bits per heavy atom. The van der Waals surface area contributed by atoms with Crippen LogP contribution < -0.4 is 0 Å². The smallest absolute Gasteiger partial charge is 0.391 e. The number of hydrogen-bond acceptors (Lipinski definition) is 13. The fourth-order valence-electron chi connectivity index (χ4n) is 1.79. The van der Waals surface area contributed by atoms with E-state index in [9.17, 15) is 29.8 Å². The second-order valence-electron chi connectivity index (χ2n) is 4.87. The van der Waals surface area contributed by atoms with E-state index in [1.54, 1.807) is 0 Å². The lowest BCUT2D eigenvalue weighted by Gasteiger charge is -2.54. The summed E-state index contributed by atoms with van der Waals surface area (Å²) < 4.78 is 29.6. The van der Waals surface area contributed by atoms with E-state index < -0.39 is 56.6 Å². The minimum atomic E-state index is -4.60. The molecule has 14 heteroatoms. The Morgan fingerprint density at radius 2 is 1.87 bits per heavy atom. The van der Waals surface area contributed by atoms with Crippen LogP contribution in [0.2, 0.25) is 0 Å². The molecule has 0 aromatic rings. The van der Waals surface area contributed by atoms with Gasteiger partial charge in [-0.3, -0.25) is 9.62 Å². The van der Waals surface area contributed by atoms with E-state index in [1.807, 2.05) is 0 Å². The lowest BCUT2D eigenvalue weighted by Crippen LogP contribution is -2.74. The highest BCUT2D eigenvalue weighted by Gasteiger charge is 2.73. The second kappa shape index (κ2) is 5.98. The van der Waals surface area contributed by atoms with E-state index in [-0.39, 0.29) is 0 Å². The molecule has 2 aliphatic heterocycles. The monoisotopic (exact) mass is 362 g/mol. The number of hydrogen-bond donors (Lipinski definition) is 6. The zero-order valence-electron chi connectivity index (χ0n) is 11.5. The Kier molecular flexibility index (Phi) is 4.85. The summed E-state index contributed by atoms with van der Waals surface area (Å²) in [4.78, 5) is 14.9. The van der Waals surface area contributed by atoms with E-state index in [0.717, 1.165) is 6.92 Å². The van der Waals surface area contributed by atoms with Gasteiger partial charge in [-0.2, -0.15) is 0 Å². The van der Waals surface area contributed by atoms with E-state index in [4.69, 9.17) is 10.2 Å². The minimum Gasteiger partial charge on any atom is -0.391 e. The van der Waals surface area contributed by atoms with Crippen LogP contribution in [0.4, 0.5) is 0 Å². The topological polar surface area (TPSA) is 202 Å². The molecule has 23 heavy (non-hydrogen) atoms. The molecule has 134 valence electrons. The maximum Gasteiger partial charge on any atom is 0.520 e. The highest BCUT2D eigenvalue weighted by Crippen LogP contribution is 2.68. The normalized spacial score (nSPS) is 47.9. The van der Waals surface area contributed by atoms with Crippen molar-refractivity contribution in [2.24, 2.45) is 0 Å². The van der Waals surface area contributed by atoms with E-state index in [1.165, 1.54) is 0 Å². The van der Waals surface area contributed by atoms with Gasteiger partial charge < -0.3 is 30.6 Å². The number of phosphoric acid groups is 1. The fourth-order valence-corrected chi connectivity index (χ4v) is 2.94. The lowest BCUT2D eigenvalue weighted by molar-refractivity contribution is -0.511. The first-order chi connectivity index (χ1) is 10.5. The van der Waals surface area contributed by atoms with Crippen LogP contribution in [0.3, 0.4) is 0 Å². The molecule has 0 aliphatic carbocycles. The van der Waals surface area contributed by atoms with Gasteiger partial charge in [0.15, 0.2) is 12.2 Å². The molecular formula is C9H15O13P. The average Bonchev–Trinajstić information content (AvgIpc) is 2.46. The molecule has 0 bridgehead atoms. The van der Waals surface area contributed by atoms with Gasteiger partial charge in [0.2, 0.25) is 5.79 Å². The first-order valence-corrected chi connectivity index (χ1v) is 7.62. The van der Waals surface area contributed by atoms with Gasteiger partial charge in [0.05, 0.1) is 0 Å². The number of carbonyl (C=O) groups excluding carboxylic acids is 1.